The van der Waals surface area contributed by atoms with Crippen molar-refractivity contribution in [3.05, 3.63) is 71.5 Å². The van der Waals surface area contributed by atoms with E-state index >= 15 is 0 Å². The predicted molar refractivity (Wildman–Crippen MR) is 90.6 cm³/mol. The Morgan fingerprint density at radius 2 is 1.88 bits per heavy atom. The van der Waals surface area contributed by atoms with Gasteiger partial charge in [-0.3, -0.25) is 4.79 Å². The van der Waals surface area contributed by atoms with E-state index in [1.165, 1.54) is 18.2 Å². The molecule has 0 spiro atoms. The summed E-state index contributed by atoms with van der Waals surface area (Å²) in [6.07, 6.45) is -0.693. The number of ether oxygens (including phenoxy) is 1. The molecular formula is C19H20FNO4. The average Bonchev–Trinajstić information content (AvgIpc) is 2.60. The molecule has 2 unspecified atom stereocenters. The largest absolute Gasteiger partial charge is 0.481 e. The van der Waals surface area contributed by atoms with Crippen molar-refractivity contribution in [1.82, 2.24) is 5.32 Å². The second kappa shape index (κ2) is 8.82. The van der Waals surface area contributed by atoms with Gasteiger partial charge in [-0.25, -0.2) is 9.18 Å². The van der Waals surface area contributed by atoms with Crippen molar-refractivity contribution in [3.63, 3.8) is 0 Å². The molecule has 1 amide bonds. The van der Waals surface area contributed by atoms with Crippen LogP contribution in [0.3, 0.4) is 0 Å². The molecule has 25 heavy (non-hydrogen) atoms. The number of rotatable bonds is 7. The van der Waals surface area contributed by atoms with Crippen molar-refractivity contribution in [1.29, 1.82) is 0 Å². The summed E-state index contributed by atoms with van der Waals surface area (Å²) < 4.78 is 18.4. The molecule has 0 aliphatic carbocycles. The average molecular weight is 345 g/mol. The molecule has 2 N–H and O–H groups in total. The fraction of sp³-hybridized carbons (Fsp3) is 0.263. The Bertz CT molecular complexity index is 720. The van der Waals surface area contributed by atoms with Crippen LogP contribution in [0, 0.1) is 11.7 Å². The molecule has 2 aromatic rings. The van der Waals surface area contributed by atoms with E-state index in [2.05, 4.69) is 5.32 Å². The highest BCUT2D eigenvalue weighted by molar-refractivity contribution is 5.73. The van der Waals surface area contributed by atoms with Crippen LogP contribution in [-0.2, 0) is 16.1 Å². The number of halogens is 1. The first kappa shape index (κ1) is 18.4. The summed E-state index contributed by atoms with van der Waals surface area (Å²) in [6, 6.07) is 14.9. The Hall–Kier alpha value is -2.89. The number of nitrogens with one attached hydrogen (secondary N) is 1. The van der Waals surface area contributed by atoms with Crippen LogP contribution in [0.5, 0.6) is 0 Å². The Kier molecular flexibility index (Phi) is 6.51. The number of alkyl carbamates (subject to hydrolysis) is 1. The minimum Gasteiger partial charge on any atom is -0.481 e. The standard InChI is InChI=1S/C19H20FNO4/c1-13(15-8-5-9-16(20)10-15)17(18(22)23)11-21-19(24)25-12-14-6-3-2-4-7-14/h2-10,13,17H,11-12H2,1H3,(H,21,24)(H,22,23). The van der Waals surface area contributed by atoms with Gasteiger partial charge in [-0.1, -0.05) is 49.4 Å². The number of hydrogen-bond acceptors (Lipinski definition) is 3. The third-order valence-corrected chi connectivity index (χ3v) is 3.97. The molecule has 0 aliphatic heterocycles. The summed E-state index contributed by atoms with van der Waals surface area (Å²) in [5.74, 6) is -2.86. The predicted octanol–water partition coefficient (Wildman–Crippen LogP) is 3.56. The number of benzene rings is 2. The molecule has 5 nitrogen and oxygen atoms in total. The highest BCUT2D eigenvalue weighted by Crippen LogP contribution is 2.24. The molecule has 0 fully saturated rings. The highest BCUT2D eigenvalue weighted by atomic mass is 19.1. The lowest BCUT2D eigenvalue weighted by molar-refractivity contribution is -0.142. The summed E-state index contributed by atoms with van der Waals surface area (Å²) >= 11 is 0. The van der Waals surface area contributed by atoms with Gasteiger partial charge in [-0.15, -0.1) is 0 Å². The van der Waals surface area contributed by atoms with E-state index in [4.69, 9.17) is 4.74 Å². The van der Waals surface area contributed by atoms with Crippen LogP contribution in [0.4, 0.5) is 9.18 Å². The fourth-order valence-electron chi connectivity index (χ4n) is 2.47. The molecule has 2 atom stereocenters. The number of aliphatic carboxylic acids is 1. The topological polar surface area (TPSA) is 75.6 Å². The Morgan fingerprint density at radius 1 is 1.16 bits per heavy atom. The summed E-state index contributed by atoms with van der Waals surface area (Å²) in [6.45, 7) is 1.68. The van der Waals surface area contributed by atoms with Crippen LogP contribution >= 0.6 is 0 Å². The van der Waals surface area contributed by atoms with Crippen molar-refractivity contribution in [2.45, 2.75) is 19.4 Å². The van der Waals surface area contributed by atoms with Gasteiger partial charge in [0.25, 0.3) is 0 Å². The second-order valence-electron chi connectivity index (χ2n) is 5.73. The van der Waals surface area contributed by atoms with Gasteiger partial charge in [0.15, 0.2) is 0 Å². The maximum Gasteiger partial charge on any atom is 0.407 e. The van der Waals surface area contributed by atoms with Gasteiger partial charge in [-0.2, -0.15) is 0 Å². The Balaban J connectivity index is 1.90. The first-order valence-corrected chi connectivity index (χ1v) is 7.90. The van der Waals surface area contributed by atoms with E-state index in [1.54, 1.807) is 13.0 Å². The van der Waals surface area contributed by atoms with Crippen molar-refractivity contribution >= 4 is 12.1 Å². The van der Waals surface area contributed by atoms with Gasteiger partial charge >= 0.3 is 12.1 Å². The van der Waals surface area contributed by atoms with Gasteiger partial charge in [0.05, 0.1) is 5.92 Å². The molecule has 0 saturated carbocycles. The lowest BCUT2D eigenvalue weighted by atomic mass is 9.87. The molecule has 132 valence electrons. The first-order valence-electron chi connectivity index (χ1n) is 7.90. The van der Waals surface area contributed by atoms with Crippen molar-refractivity contribution in [3.8, 4) is 0 Å². The van der Waals surface area contributed by atoms with Gasteiger partial charge in [0.1, 0.15) is 12.4 Å². The molecule has 0 saturated heterocycles. The van der Waals surface area contributed by atoms with Gasteiger partial charge < -0.3 is 15.2 Å². The van der Waals surface area contributed by atoms with Crippen LogP contribution in [0.2, 0.25) is 0 Å². The van der Waals surface area contributed by atoms with Gasteiger partial charge in [-0.05, 0) is 29.2 Å². The van der Waals surface area contributed by atoms with Crippen molar-refractivity contribution in [2.75, 3.05) is 6.54 Å². The molecule has 0 heterocycles. The number of carbonyl (C=O) groups is 2. The number of carboxylic acids is 1. The lowest BCUT2D eigenvalue weighted by Gasteiger charge is -2.21. The zero-order chi connectivity index (χ0) is 18.2. The van der Waals surface area contributed by atoms with Crippen molar-refractivity contribution in [2.24, 2.45) is 5.92 Å². The smallest absolute Gasteiger partial charge is 0.407 e. The maximum absolute atomic E-state index is 13.3. The quantitative estimate of drug-likeness (QED) is 0.804. The van der Waals surface area contributed by atoms with Crippen LogP contribution < -0.4 is 5.32 Å². The molecule has 0 radical (unpaired) electrons. The third kappa shape index (κ3) is 5.60. The highest BCUT2D eigenvalue weighted by Gasteiger charge is 2.27. The van der Waals surface area contributed by atoms with E-state index in [9.17, 15) is 19.1 Å². The lowest BCUT2D eigenvalue weighted by Crippen LogP contribution is -2.35. The summed E-state index contributed by atoms with van der Waals surface area (Å²) in [5, 5.41) is 11.9. The maximum atomic E-state index is 13.3. The summed E-state index contributed by atoms with van der Waals surface area (Å²) in [5.41, 5.74) is 1.40. The van der Waals surface area contributed by atoms with Crippen molar-refractivity contribution < 1.29 is 23.8 Å². The number of carbonyl (C=O) groups excluding carboxylic acids is 1. The SMILES string of the molecule is CC(c1cccc(F)c1)C(CNC(=O)OCc1ccccc1)C(=O)O. The van der Waals surface area contributed by atoms with E-state index in [0.29, 0.717) is 5.56 Å². The zero-order valence-corrected chi connectivity index (χ0v) is 13.8. The molecule has 6 heteroatoms. The number of hydrogen-bond donors (Lipinski definition) is 2. The molecule has 0 aromatic heterocycles. The minimum atomic E-state index is -1.07. The molecular weight excluding hydrogens is 325 g/mol. The Labute approximate surface area is 145 Å². The van der Waals surface area contributed by atoms with Crippen LogP contribution in [0.25, 0.3) is 0 Å². The molecule has 0 aliphatic rings. The summed E-state index contributed by atoms with van der Waals surface area (Å²) in [4.78, 5) is 23.3. The first-order chi connectivity index (χ1) is 12.0. The van der Waals surface area contributed by atoms with E-state index in [0.717, 1.165) is 5.56 Å². The van der Waals surface area contributed by atoms with Gasteiger partial charge in [0, 0.05) is 6.54 Å². The van der Waals surface area contributed by atoms with E-state index in [-0.39, 0.29) is 13.2 Å². The minimum absolute atomic E-state index is 0.101. The normalized spacial score (nSPS) is 12.9. The monoisotopic (exact) mass is 345 g/mol. The van der Waals surface area contributed by atoms with Crippen LogP contribution in [0.15, 0.2) is 54.6 Å². The Morgan fingerprint density at radius 3 is 2.52 bits per heavy atom. The zero-order valence-electron chi connectivity index (χ0n) is 13.8. The molecule has 2 aromatic carbocycles. The van der Waals surface area contributed by atoms with Crippen LogP contribution in [0.1, 0.15) is 24.0 Å². The van der Waals surface area contributed by atoms with E-state index in [1.807, 2.05) is 30.3 Å². The van der Waals surface area contributed by atoms with E-state index < -0.39 is 29.7 Å². The summed E-state index contributed by atoms with van der Waals surface area (Å²) in [7, 11) is 0. The molecule has 2 rings (SSSR count). The third-order valence-electron chi connectivity index (χ3n) is 3.97. The number of carboxylic acid groups (broad SMARTS) is 1. The number of amides is 1. The van der Waals surface area contributed by atoms with Gasteiger partial charge in [0.2, 0.25) is 0 Å². The van der Waals surface area contributed by atoms with Crippen LogP contribution in [-0.4, -0.2) is 23.7 Å². The molecule has 0 bridgehead atoms. The second-order valence-corrected chi connectivity index (χ2v) is 5.73. The fourth-order valence-corrected chi connectivity index (χ4v) is 2.47.